The lowest BCUT2D eigenvalue weighted by Crippen LogP contribution is -2.31. The van der Waals surface area contributed by atoms with Crippen molar-refractivity contribution in [1.82, 2.24) is 0 Å². The topological polar surface area (TPSA) is 70.0 Å². The molecule has 21 heavy (non-hydrogen) atoms. The van der Waals surface area contributed by atoms with Gasteiger partial charge in [-0.05, 0) is 17.7 Å². The standard InChI is InChI=1S/C15H11ClN2O2S/c16-11-7-6-10(15(17)19)13-14(11)21-12(18(13)20)8-9-4-2-1-3-5-9/h1-7H,8H2,(H2,17,19). The van der Waals surface area contributed by atoms with Crippen LogP contribution in [0.2, 0.25) is 5.02 Å². The maximum Gasteiger partial charge on any atom is 0.255 e. The van der Waals surface area contributed by atoms with Gasteiger partial charge < -0.3 is 10.9 Å². The molecule has 1 amide bonds. The molecule has 0 aliphatic carbocycles. The maximum absolute atomic E-state index is 12.5. The summed E-state index contributed by atoms with van der Waals surface area (Å²) in [5.41, 5.74) is 6.80. The Morgan fingerprint density at radius 1 is 1.24 bits per heavy atom. The molecule has 2 N–H and O–H groups in total. The molecule has 2 aromatic carbocycles. The average molecular weight is 319 g/mol. The molecule has 4 nitrogen and oxygen atoms in total. The van der Waals surface area contributed by atoms with Crippen molar-refractivity contribution in [2.75, 3.05) is 0 Å². The fourth-order valence-corrected chi connectivity index (χ4v) is 3.58. The van der Waals surface area contributed by atoms with Crippen LogP contribution in [0.4, 0.5) is 0 Å². The summed E-state index contributed by atoms with van der Waals surface area (Å²) in [5, 5.41) is 13.5. The molecule has 1 heterocycles. The number of amides is 1. The molecular weight excluding hydrogens is 308 g/mol. The number of primary amides is 1. The number of carbonyl (C=O) groups excluding carboxylic acids is 1. The largest absolute Gasteiger partial charge is 0.617 e. The molecule has 6 heteroatoms. The quantitative estimate of drug-likeness (QED) is 0.596. The summed E-state index contributed by atoms with van der Waals surface area (Å²) in [6.07, 6.45) is 0.484. The first-order valence-corrected chi connectivity index (χ1v) is 7.44. The first kappa shape index (κ1) is 13.9. The number of halogens is 1. The van der Waals surface area contributed by atoms with Crippen LogP contribution >= 0.6 is 22.9 Å². The SMILES string of the molecule is NC(=O)c1ccc(Cl)c2sc(Cc3ccccc3)[n+]([O-])c12. The van der Waals surface area contributed by atoms with Crippen LogP contribution < -0.4 is 10.5 Å². The van der Waals surface area contributed by atoms with Gasteiger partial charge in [-0.15, -0.1) is 0 Å². The molecule has 1 aromatic heterocycles. The van der Waals surface area contributed by atoms with Crippen LogP contribution in [0.15, 0.2) is 42.5 Å². The number of nitrogens with zero attached hydrogens (tertiary/aromatic N) is 1. The Labute approximate surface area is 130 Å². The van der Waals surface area contributed by atoms with Crippen LogP contribution in [0.1, 0.15) is 20.9 Å². The Balaban J connectivity index is 2.18. The van der Waals surface area contributed by atoms with Crippen molar-refractivity contribution in [3.8, 4) is 0 Å². The van der Waals surface area contributed by atoms with Gasteiger partial charge >= 0.3 is 0 Å². The van der Waals surface area contributed by atoms with Gasteiger partial charge in [-0.3, -0.25) is 4.79 Å². The third kappa shape index (κ3) is 2.46. The number of rotatable bonds is 3. The number of carbonyl (C=O) groups is 1. The van der Waals surface area contributed by atoms with E-state index in [1.807, 2.05) is 30.3 Å². The molecule has 0 atom stereocenters. The van der Waals surface area contributed by atoms with Crippen LogP contribution in [-0.4, -0.2) is 5.91 Å². The summed E-state index contributed by atoms with van der Waals surface area (Å²) in [6, 6.07) is 12.7. The Morgan fingerprint density at radius 2 is 1.95 bits per heavy atom. The van der Waals surface area contributed by atoms with Gasteiger partial charge in [-0.2, -0.15) is 4.73 Å². The van der Waals surface area contributed by atoms with Crippen molar-refractivity contribution in [3.05, 3.63) is 68.8 Å². The van der Waals surface area contributed by atoms with Crippen molar-refractivity contribution in [1.29, 1.82) is 0 Å². The molecule has 3 aromatic rings. The molecule has 0 saturated heterocycles. The molecule has 0 bridgehead atoms. The van der Waals surface area contributed by atoms with Crippen molar-refractivity contribution in [2.24, 2.45) is 5.73 Å². The highest BCUT2D eigenvalue weighted by Gasteiger charge is 2.24. The minimum absolute atomic E-state index is 0.194. The van der Waals surface area contributed by atoms with E-state index in [0.717, 1.165) is 10.3 Å². The number of nitrogens with two attached hydrogens (primary N) is 1. The first-order valence-electron chi connectivity index (χ1n) is 6.25. The van der Waals surface area contributed by atoms with E-state index in [0.29, 0.717) is 21.2 Å². The lowest BCUT2D eigenvalue weighted by atomic mass is 10.1. The monoisotopic (exact) mass is 318 g/mol. The molecule has 0 fully saturated rings. The Hall–Kier alpha value is -2.11. The van der Waals surface area contributed by atoms with E-state index in [1.54, 1.807) is 6.07 Å². The number of thiazole rings is 1. The Kier molecular flexibility index (Phi) is 3.53. The Morgan fingerprint density at radius 3 is 2.62 bits per heavy atom. The molecule has 0 radical (unpaired) electrons. The number of fused-ring (bicyclic) bond motifs is 1. The van der Waals surface area contributed by atoms with Gasteiger partial charge in [-0.25, -0.2) is 0 Å². The van der Waals surface area contributed by atoms with E-state index in [9.17, 15) is 10.0 Å². The van der Waals surface area contributed by atoms with E-state index >= 15 is 0 Å². The summed E-state index contributed by atoms with van der Waals surface area (Å²) in [6.45, 7) is 0. The highest BCUT2D eigenvalue weighted by Crippen LogP contribution is 2.31. The average Bonchev–Trinajstić information content (AvgIpc) is 2.79. The van der Waals surface area contributed by atoms with Gasteiger partial charge in [-0.1, -0.05) is 53.3 Å². The molecular formula is C15H11ClN2O2S. The van der Waals surface area contributed by atoms with Crippen molar-refractivity contribution >= 4 is 39.1 Å². The summed E-state index contributed by atoms with van der Waals surface area (Å²) in [4.78, 5) is 11.5. The highest BCUT2D eigenvalue weighted by molar-refractivity contribution is 7.18. The summed E-state index contributed by atoms with van der Waals surface area (Å²) in [7, 11) is 0. The van der Waals surface area contributed by atoms with Gasteiger partial charge in [0.15, 0.2) is 0 Å². The Bertz CT molecular complexity index is 831. The third-order valence-corrected chi connectivity index (χ3v) is 4.79. The second kappa shape index (κ2) is 5.35. The van der Waals surface area contributed by atoms with Gasteiger partial charge in [0.2, 0.25) is 5.52 Å². The van der Waals surface area contributed by atoms with Crippen molar-refractivity contribution < 1.29 is 9.52 Å². The van der Waals surface area contributed by atoms with Crippen molar-refractivity contribution in [3.63, 3.8) is 0 Å². The van der Waals surface area contributed by atoms with Crippen LogP contribution in [0, 0.1) is 5.21 Å². The van der Waals surface area contributed by atoms with Gasteiger partial charge in [0.05, 0.1) is 11.4 Å². The van der Waals surface area contributed by atoms with Crippen LogP contribution in [0.3, 0.4) is 0 Å². The van der Waals surface area contributed by atoms with Crippen molar-refractivity contribution in [2.45, 2.75) is 6.42 Å². The number of aromatic nitrogens is 1. The van der Waals surface area contributed by atoms with Crippen LogP contribution in [0.5, 0.6) is 0 Å². The molecule has 0 spiro atoms. The van der Waals surface area contributed by atoms with E-state index in [-0.39, 0.29) is 11.1 Å². The molecule has 0 aliphatic rings. The lowest BCUT2D eigenvalue weighted by molar-refractivity contribution is -0.580. The first-order chi connectivity index (χ1) is 10.1. The second-order valence-electron chi connectivity index (χ2n) is 4.59. The van der Waals surface area contributed by atoms with Gasteiger partial charge in [0, 0.05) is 0 Å². The van der Waals surface area contributed by atoms with E-state index in [4.69, 9.17) is 17.3 Å². The van der Waals surface area contributed by atoms with Crippen LogP contribution in [0.25, 0.3) is 10.2 Å². The normalized spacial score (nSPS) is 10.9. The van der Waals surface area contributed by atoms with E-state index in [1.165, 1.54) is 17.4 Å². The third-order valence-electron chi connectivity index (χ3n) is 3.20. The van der Waals surface area contributed by atoms with E-state index < -0.39 is 5.91 Å². The number of hydrogen-bond donors (Lipinski definition) is 1. The predicted molar refractivity (Wildman–Crippen MR) is 83.6 cm³/mol. The summed E-state index contributed by atoms with van der Waals surface area (Å²) < 4.78 is 1.35. The number of hydrogen-bond acceptors (Lipinski definition) is 3. The fraction of sp³-hybridized carbons (Fsp3) is 0.0667. The zero-order chi connectivity index (χ0) is 15.0. The predicted octanol–water partition coefficient (Wildman–Crippen LogP) is 2.88. The minimum Gasteiger partial charge on any atom is -0.617 e. The fourth-order valence-electron chi connectivity index (χ4n) is 2.21. The highest BCUT2D eigenvalue weighted by atomic mass is 35.5. The second-order valence-corrected chi connectivity index (χ2v) is 6.08. The van der Waals surface area contributed by atoms with Crippen LogP contribution in [-0.2, 0) is 6.42 Å². The minimum atomic E-state index is -0.634. The maximum atomic E-state index is 12.5. The van der Waals surface area contributed by atoms with E-state index in [2.05, 4.69) is 0 Å². The van der Waals surface area contributed by atoms with Gasteiger partial charge in [0.1, 0.15) is 10.3 Å². The molecule has 0 unspecified atom stereocenters. The summed E-state index contributed by atoms with van der Waals surface area (Å²) in [5.74, 6) is -0.634. The van der Waals surface area contributed by atoms with Gasteiger partial charge in [0.25, 0.3) is 10.9 Å². The molecule has 0 aliphatic heterocycles. The molecule has 106 valence electrons. The smallest absolute Gasteiger partial charge is 0.255 e. The molecule has 3 rings (SSSR count). The zero-order valence-electron chi connectivity index (χ0n) is 10.9. The lowest BCUT2D eigenvalue weighted by Gasteiger charge is -2.01. The molecule has 0 saturated carbocycles. The summed E-state index contributed by atoms with van der Waals surface area (Å²) >= 11 is 7.42. The zero-order valence-corrected chi connectivity index (χ0v) is 12.4. The number of benzene rings is 2.